The molecule has 4 heteroatoms. The fraction of sp³-hybridized carbons (Fsp3) is 0.348. The van der Waals surface area contributed by atoms with E-state index < -0.39 is 0 Å². The molecule has 0 radical (unpaired) electrons. The zero-order valence-electron chi connectivity index (χ0n) is 15.4. The van der Waals surface area contributed by atoms with Crippen molar-refractivity contribution in [1.29, 1.82) is 0 Å². The average Bonchev–Trinajstić information content (AvgIpc) is 3.35. The molecule has 0 amide bonds. The van der Waals surface area contributed by atoms with Crippen LogP contribution >= 0.6 is 0 Å². The molecule has 2 aliphatic rings. The first kappa shape index (κ1) is 16.4. The summed E-state index contributed by atoms with van der Waals surface area (Å²) in [6.45, 7) is 1.78. The van der Waals surface area contributed by atoms with Crippen LogP contribution in [0.15, 0.2) is 63.9 Å². The van der Waals surface area contributed by atoms with Crippen molar-refractivity contribution in [1.82, 2.24) is 10.1 Å². The van der Waals surface area contributed by atoms with E-state index in [9.17, 15) is 0 Å². The van der Waals surface area contributed by atoms with E-state index in [1.54, 1.807) is 6.26 Å². The molecular weight excluding hydrogens is 336 g/mol. The first-order valence-electron chi connectivity index (χ1n) is 9.91. The SMILES string of the molecule is C1=CN(Cc2cc(-c3cc(-c4ccc(C5CCCCC5)cc4)no3)co2)C1. The van der Waals surface area contributed by atoms with Crippen LogP contribution < -0.4 is 0 Å². The normalized spacial score (nSPS) is 17.3. The summed E-state index contributed by atoms with van der Waals surface area (Å²) < 4.78 is 11.2. The molecule has 1 aliphatic heterocycles. The molecule has 4 nitrogen and oxygen atoms in total. The number of aromatic nitrogens is 1. The fourth-order valence-corrected chi connectivity index (χ4v) is 4.07. The minimum absolute atomic E-state index is 0.728. The zero-order valence-corrected chi connectivity index (χ0v) is 15.4. The van der Waals surface area contributed by atoms with Crippen molar-refractivity contribution in [2.75, 3.05) is 6.54 Å². The van der Waals surface area contributed by atoms with Crippen LogP contribution in [0.3, 0.4) is 0 Å². The first-order valence-corrected chi connectivity index (χ1v) is 9.91. The van der Waals surface area contributed by atoms with Gasteiger partial charge in [-0.15, -0.1) is 0 Å². The van der Waals surface area contributed by atoms with Crippen LogP contribution in [0.25, 0.3) is 22.6 Å². The molecule has 0 atom stereocenters. The molecular formula is C23H24N2O2. The van der Waals surface area contributed by atoms with Gasteiger partial charge in [0.2, 0.25) is 0 Å². The third-order valence-corrected chi connectivity index (χ3v) is 5.75. The predicted molar refractivity (Wildman–Crippen MR) is 105 cm³/mol. The monoisotopic (exact) mass is 360 g/mol. The minimum Gasteiger partial charge on any atom is -0.467 e. The highest BCUT2D eigenvalue weighted by atomic mass is 16.5. The summed E-state index contributed by atoms with van der Waals surface area (Å²) in [6.07, 6.45) is 12.7. The largest absolute Gasteiger partial charge is 0.467 e. The number of furan rings is 1. The Balaban J connectivity index is 1.30. The standard InChI is InChI=1S/C23H24N2O2/c1-2-5-17(6-3-1)18-7-9-19(10-8-18)22-14-23(27-24-22)20-13-21(26-16-20)15-25-11-4-12-25/h4,7-11,13-14,16-17H,1-3,5-6,12,15H2. The maximum atomic E-state index is 5.66. The Morgan fingerprint density at radius 1 is 1.00 bits per heavy atom. The van der Waals surface area contributed by atoms with Gasteiger partial charge in [0.05, 0.1) is 12.1 Å². The third-order valence-electron chi connectivity index (χ3n) is 5.75. The Hall–Kier alpha value is -2.75. The van der Waals surface area contributed by atoms with Crippen molar-refractivity contribution in [3.8, 4) is 22.6 Å². The molecule has 1 aliphatic carbocycles. The second-order valence-electron chi connectivity index (χ2n) is 7.65. The number of rotatable bonds is 5. The maximum absolute atomic E-state index is 5.66. The summed E-state index contributed by atoms with van der Waals surface area (Å²) in [5, 5.41) is 4.26. The van der Waals surface area contributed by atoms with Crippen LogP contribution in [0, 0.1) is 0 Å². The number of hydrogen-bond acceptors (Lipinski definition) is 4. The van der Waals surface area contributed by atoms with E-state index in [1.165, 1.54) is 37.7 Å². The first-order chi connectivity index (χ1) is 13.3. The van der Waals surface area contributed by atoms with Crippen LogP contribution in [-0.4, -0.2) is 16.6 Å². The van der Waals surface area contributed by atoms with Crippen LogP contribution in [0.2, 0.25) is 0 Å². The van der Waals surface area contributed by atoms with E-state index >= 15 is 0 Å². The van der Waals surface area contributed by atoms with E-state index in [2.05, 4.69) is 46.6 Å². The Labute approximate surface area is 159 Å². The lowest BCUT2D eigenvalue weighted by atomic mass is 9.84. The van der Waals surface area contributed by atoms with Gasteiger partial charge in [0, 0.05) is 18.2 Å². The van der Waals surface area contributed by atoms with E-state index in [0.717, 1.165) is 47.3 Å². The van der Waals surface area contributed by atoms with E-state index in [0.29, 0.717) is 0 Å². The highest BCUT2D eigenvalue weighted by molar-refractivity contribution is 5.66. The highest BCUT2D eigenvalue weighted by Crippen LogP contribution is 2.34. The molecule has 1 fully saturated rings. The van der Waals surface area contributed by atoms with Gasteiger partial charge in [-0.25, -0.2) is 0 Å². The molecule has 0 saturated heterocycles. The van der Waals surface area contributed by atoms with E-state index in [4.69, 9.17) is 8.94 Å². The second kappa shape index (κ2) is 7.10. The molecule has 3 heterocycles. The summed E-state index contributed by atoms with van der Waals surface area (Å²) in [5.74, 6) is 2.41. The molecule has 27 heavy (non-hydrogen) atoms. The Morgan fingerprint density at radius 3 is 2.56 bits per heavy atom. The fourth-order valence-electron chi connectivity index (χ4n) is 4.07. The summed E-state index contributed by atoms with van der Waals surface area (Å²) >= 11 is 0. The lowest BCUT2D eigenvalue weighted by Gasteiger charge is -2.23. The molecule has 0 unspecified atom stereocenters. The van der Waals surface area contributed by atoms with Crippen molar-refractivity contribution in [2.24, 2.45) is 0 Å². The maximum Gasteiger partial charge on any atom is 0.170 e. The molecule has 2 aromatic heterocycles. The van der Waals surface area contributed by atoms with E-state index in [1.807, 2.05) is 12.1 Å². The van der Waals surface area contributed by atoms with Crippen molar-refractivity contribution < 1.29 is 8.94 Å². The highest BCUT2D eigenvalue weighted by Gasteiger charge is 2.17. The minimum atomic E-state index is 0.728. The van der Waals surface area contributed by atoms with Crippen LogP contribution in [0.4, 0.5) is 0 Å². The Bertz CT molecular complexity index is 929. The summed E-state index contributed by atoms with van der Waals surface area (Å²) in [7, 11) is 0. The van der Waals surface area contributed by atoms with Crippen molar-refractivity contribution >= 4 is 0 Å². The molecule has 0 N–H and O–H groups in total. The molecule has 138 valence electrons. The summed E-state index contributed by atoms with van der Waals surface area (Å²) in [4.78, 5) is 2.20. The Morgan fingerprint density at radius 2 is 1.81 bits per heavy atom. The van der Waals surface area contributed by atoms with Crippen LogP contribution in [0.1, 0.15) is 49.3 Å². The quantitative estimate of drug-likeness (QED) is 0.561. The van der Waals surface area contributed by atoms with Gasteiger partial charge < -0.3 is 13.8 Å². The van der Waals surface area contributed by atoms with Gasteiger partial charge in [0.1, 0.15) is 17.7 Å². The van der Waals surface area contributed by atoms with Crippen molar-refractivity contribution in [3.05, 3.63) is 66.3 Å². The topological polar surface area (TPSA) is 42.4 Å². The van der Waals surface area contributed by atoms with E-state index in [-0.39, 0.29) is 0 Å². The molecule has 1 saturated carbocycles. The van der Waals surface area contributed by atoms with Crippen molar-refractivity contribution in [3.63, 3.8) is 0 Å². The van der Waals surface area contributed by atoms with Gasteiger partial charge >= 0.3 is 0 Å². The van der Waals surface area contributed by atoms with Gasteiger partial charge in [-0.1, -0.05) is 48.7 Å². The zero-order chi connectivity index (χ0) is 18.1. The Kier molecular flexibility index (Phi) is 4.32. The van der Waals surface area contributed by atoms with Gasteiger partial charge in [-0.05, 0) is 42.7 Å². The molecule has 3 aromatic rings. The van der Waals surface area contributed by atoms with Crippen LogP contribution in [-0.2, 0) is 6.54 Å². The average molecular weight is 360 g/mol. The van der Waals surface area contributed by atoms with Gasteiger partial charge in [0.15, 0.2) is 5.76 Å². The second-order valence-corrected chi connectivity index (χ2v) is 7.65. The van der Waals surface area contributed by atoms with Gasteiger partial charge in [-0.2, -0.15) is 0 Å². The predicted octanol–water partition coefficient (Wildman–Crippen LogP) is 5.98. The van der Waals surface area contributed by atoms with Crippen molar-refractivity contribution in [2.45, 2.75) is 44.6 Å². The number of nitrogens with zero attached hydrogens (tertiary/aromatic N) is 2. The summed E-state index contributed by atoms with van der Waals surface area (Å²) in [5.41, 5.74) is 4.36. The molecule has 1 aromatic carbocycles. The number of hydrogen-bond donors (Lipinski definition) is 0. The lowest BCUT2D eigenvalue weighted by Crippen LogP contribution is -2.23. The molecule has 0 bridgehead atoms. The lowest BCUT2D eigenvalue weighted by molar-refractivity contribution is 0.327. The van der Waals surface area contributed by atoms with Gasteiger partial charge in [-0.3, -0.25) is 0 Å². The third kappa shape index (κ3) is 3.44. The number of benzene rings is 1. The smallest absolute Gasteiger partial charge is 0.170 e. The summed E-state index contributed by atoms with van der Waals surface area (Å²) in [6, 6.07) is 12.9. The molecule has 0 spiro atoms. The van der Waals surface area contributed by atoms with Crippen LogP contribution in [0.5, 0.6) is 0 Å². The van der Waals surface area contributed by atoms with Gasteiger partial charge in [0.25, 0.3) is 0 Å². The molecule has 5 rings (SSSR count).